The highest BCUT2D eigenvalue weighted by Gasteiger charge is 2.44. The lowest BCUT2D eigenvalue weighted by atomic mass is 9.58. The Morgan fingerprint density at radius 2 is 1.78 bits per heavy atom. The third-order valence-corrected chi connectivity index (χ3v) is 4.12. The zero-order valence-electron chi connectivity index (χ0n) is 11.1. The second-order valence-corrected chi connectivity index (χ2v) is 5.40. The quantitative estimate of drug-likeness (QED) is 0.845. The lowest BCUT2D eigenvalue weighted by molar-refractivity contribution is 0.134. The molecule has 1 aliphatic carbocycles. The maximum Gasteiger partial charge on any atom is 0.126 e. The van der Waals surface area contributed by atoms with Crippen molar-refractivity contribution < 1.29 is 8.78 Å². The molecule has 0 atom stereocenters. The fourth-order valence-electron chi connectivity index (χ4n) is 3.04. The van der Waals surface area contributed by atoms with E-state index in [1.807, 2.05) is 0 Å². The van der Waals surface area contributed by atoms with E-state index in [-0.39, 0.29) is 5.41 Å². The van der Waals surface area contributed by atoms with E-state index in [4.69, 9.17) is 0 Å². The summed E-state index contributed by atoms with van der Waals surface area (Å²) in [5.74, 6) is -0.253. The Bertz CT molecular complexity index is 385. The fourth-order valence-corrected chi connectivity index (χ4v) is 3.04. The molecular formula is C15H21F2N. The van der Waals surface area contributed by atoms with Crippen LogP contribution in [-0.2, 0) is 5.41 Å². The molecule has 0 amide bonds. The molecule has 0 aromatic heterocycles. The molecule has 1 saturated carbocycles. The summed E-state index contributed by atoms with van der Waals surface area (Å²) in [5.41, 5.74) is 0.741. The molecule has 0 bridgehead atoms. The van der Waals surface area contributed by atoms with E-state index in [9.17, 15) is 8.78 Å². The number of benzene rings is 1. The van der Waals surface area contributed by atoms with Crippen molar-refractivity contribution in [2.75, 3.05) is 13.1 Å². The number of hydrogen-bond acceptors (Lipinski definition) is 1. The number of halogens is 2. The van der Waals surface area contributed by atoms with Crippen molar-refractivity contribution >= 4 is 0 Å². The van der Waals surface area contributed by atoms with Gasteiger partial charge in [0.2, 0.25) is 0 Å². The van der Waals surface area contributed by atoms with Crippen LogP contribution in [0.2, 0.25) is 0 Å². The second-order valence-electron chi connectivity index (χ2n) is 5.40. The monoisotopic (exact) mass is 253 g/mol. The Labute approximate surface area is 108 Å². The van der Waals surface area contributed by atoms with Gasteiger partial charge >= 0.3 is 0 Å². The largest absolute Gasteiger partial charge is 0.316 e. The summed E-state index contributed by atoms with van der Waals surface area (Å²) in [7, 11) is 0. The van der Waals surface area contributed by atoms with Crippen molar-refractivity contribution in [3.63, 3.8) is 0 Å². The smallest absolute Gasteiger partial charge is 0.126 e. The average Bonchev–Trinajstić information content (AvgIpc) is 2.26. The third kappa shape index (κ3) is 2.56. The van der Waals surface area contributed by atoms with E-state index in [2.05, 4.69) is 19.2 Å². The lowest BCUT2D eigenvalue weighted by Crippen LogP contribution is -2.48. The molecule has 3 heteroatoms. The van der Waals surface area contributed by atoms with Crippen LogP contribution in [0.3, 0.4) is 0 Å². The molecule has 1 aromatic carbocycles. The van der Waals surface area contributed by atoms with E-state index in [0.717, 1.165) is 44.0 Å². The predicted molar refractivity (Wildman–Crippen MR) is 69.6 cm³/mol. The van der Waals surface area contributed by atoms with Crippen molar-refractivity contribution in [1.82, 2.24) is 5.32 Å². The summed E-state index contributed by atoms with van der Waals surface area (Å²) in [6, 6.07) is 3.93. The first-order chi connectivity index (χ1) is 8.59. The molecule has 1 aliphatic rings. The van der Waals surface area contributed by atoms with Crippen molar-refractivity contribution in [3.05, 3.63) is 35.4 Å². The maximum atomic E-state index is 13.4. The summed E-state index contributed by atoms with van der Waals surface area (Å²) in [5, 5.41) is 3.33. The fraction of sp³-hybridized carbons (Fsp3) is 0.600. The van der Waals surface area contributed by atoms with Crippen LogP contribution in [0, 0.1) is 17.6 Å². The van der Waals surface area contributed by atoms with Crippen LogP contribution in [-0.4, -0.2) is 13.1 Å². The highest BCUT2D eigenvalue weighted by molar-refractivity contribution is 5.31. The molecule has 1 nitrogen and oxygen atoms in total. The van der Waals surface area contributed by atoms with Gasteiger partial charge in [-0.3, -0.25) is 0 Å². The molecule has 2 rings (SSSR count). The molecule has 0 radical (unpaired) electrons. The molecule has 0 aliphatic heterocycles. The molecule has 1 N–H and O–H groups in total. The molecule has 100 valence electrons. The van der Waals surface area contributed by atoms with E-state index in [0.29, 0.717) is 5.92 Å². The predicted octanol–water partition coefficient (Wildman–Crippen LogP) is 3.63. The van der Waals surface area contributed by atoms with Crippen LogP contribution in [0.15, 0.2) is 18.2 Å². The minimum Gasteiger partial charge on any atom is -0.316 e. The normalized spacial score (nSPS) is 27.0. The van der Waals surface area contributed by atoms with Crippen LogP contribution < -0.4 is 5.32 Å². The van der Waals surface area contributed by atoms with Crippen LogP contribution in [0.4, 0.5) is 8.78 Å². The van der Waals surface area contributed by atoms with E-state index in [1.165, 1.54) is 12.1 Å². The van der Waals surface area contributed by atoms with E-state index >= 15 is 0 Å². The minimum absolute atomic E-state index is 0.0698. The summed E-state index contributed by atoms with van der Waals surface area (Å²) < 4.78 is 26.7. The van der Waals surface area contributed by atoms with Crippen molar-refractivity contribution in [2.45, 2.75) is 38.5 Å². The van der Waals surface area contributed by atoms with Gasteiger partial charge in [0.15, 0.2) is 0 Å². The van der Waals surface area contributed by atoms with Gasteiger partial charge in [-0.2, -0.15) is 0 Å². The van der Waals surface area contributed by atoms with Gasteiger partial charge in [-0.1, -0.05) is 20.3 Å². The summed E-state index contributed by atoms with van der Waals surface area (Å²) in [6.45, 7) is 5.92. The highest BCUT2D eigenvalue weighted by Crippen LogP contribution is 2.49. The topological polar surface area (TPSA) is 12.0 Å². The molecule has 0 unspecified atom stereocenters. The molecular weight excluding hydrogens is 232 g/mol. The Kier molecular flexibility index (Phi) is 4.00. The van der Waals surface area contributed by atoms with Crippen LogP contribution in [0.25, 0.3) is 0 Å². The number of likely N-dealkylation sites (N-methyl/N-ethyl adjacent to an activating group) is 1. The summed E-state index contributed by atoms with van der Waals surface area (Å²) in [6.07, 6.45) is 3.20. The Balaban J connectivity index is 2.23. The second kappa shape index (κ2) is 5.35. The molecule has 1 aromatic rings. The Morgan fingerprint density at radius 3 is 2.28 bits per heavy atom. The van der Waals surface area contributed by atoms with Crippen molar-refractivity contribution in [3.8, 4) is 0 Å². The zero-order chi connectivity index (χ0) is 13.2. The first-order valence-corrected chi connectivity index (χ1v) is 6.77. The van der Waals surface area contributed by atoms with Gasteiger partial charge < -0.3 is 5.32 Å². The molecule has 1 fully saturated rings. The average molecular weight is 253 g/mol. The van der Waals surface area contributed by atoms with Gasteiger partial charge in [-0.15, -0.1) is 0 Å². The maximum absolute atomic E-state index is 13.4. The van der Waals surface area contributed by atoms with Crippen molar-refractivity contribution in [2.24, 2.45) is 5.92 Å². The first kappa shape index (κ1) is 13.5. The van der Waals surface area contributed by atoms with Crippen LogP contribution in [0.5, 0.6) is 0 Å². The summed E-state index contributed by atoms with van der Waals surface area (Å²) >= 11 is 0. The Morgan fingerprint density at radius 1 is 1.17 bits per heavy atom. The molecule has 18 heavy (non-hydrogen) atoms. The van der Waals surface area contributed by atoms with Gasteiger partial charge in [0, 0.05) is 18.0 Å². The minimum atomic E-state index is -0.471. The SMILES string of the molecule is CCNCC1(c2cc(F)cc(F)c2)CC(CC)C1. The van der Waals surface area contributed by atoms with Crippen LogP contribution >= 0.6 is 0 Å². The van der Waals surface area contributed by atoms with Crippen molar-refractivity contribution in [1.29, 1.82) is 0 Å². The number of hydrogen-bond donors (Lipinski definition) is 1. The van der Waals surface area contributed by atoms with E-state index < -0.39 is 11.6 Å². The molecule has 0 saturated heterocycles. The Hall–Kier alpha value is -0.960. The summed E-state index contributed by atoms with van der Waals surface area (Å²) in [4.78, 5) is 0. The van der Waals surface area contributed by atoms with Gasteiger partial charge in [0.05, 0.1) is 0 Å². The molecule has 0 spiro atoms. The zero-order valence-corrected chi connectivity index (χ0v) is 11.1. The van der Waals surface area contributed by atoms with E-state index in [1.54, 1.807) is 0 Å². The van der Waals surface area contributed by atoms with Gasteiger partial charge in [-0.05, 0) is 43.0 Å². The van der Waals surface area contributed by atoms with Crippen LogP contribution in [0.1, 0.15) is 38.7 Å². The number of rotatable bonds is 5. The van der Waals surface area contributed by atoms with Gasteiger partial charge in [-0.25, -0.2) is 8.78 Å². The molecule has 0 heterocycles. The third-order valence-electron chi connectivity index (χ3n) is 4.12. The lowest BCUT2D eigenvalue weighted by Gasteiger charge is -2.48. The van der Waals surface area contributed by atoms with Gasteiger partial charge in [0.1, 0.15) is 11.6 Å². The van der Waals surface area contributed by atoms with Gasteiger partial charge in [0.25, 0.3) is 0 Å². The first-order valence-electron chi connectivity index (χ1n) is 6.77. The number of nitrogens with one attached hydrogen (secondary N) is 1. The highest BCUT2D eigenvalue weighted by atomic mass is 19.1. The standard InChI is InChI=1S/C15H21F2N/c1-3-11-8-15(9-11,10-18-4-2)12-5-13(16)7-14(17)6-12/h5-7,11,18H,3-4,8-10H2,1-2H3.